The zero-order valence-electron chi connectivity index (χ0n) is 26.2. The van der Waals surface area contributed by atoms with Gasteiger partial charge in [0.1, 0.15) is 71.6 Å². The summed E-state index contributed by atoms with van der Waals surface area (Å²) < 4.78 is 36.8. The smallest absolute Gasteiger partial charge is 0.127 e. The molecule has 0 heterocycles. The zero-order chi connectivity index (χ0) is 32.9. The average molecular weight is 704 g/mol. The van der Waals surface area contributed by atoms with Crippen LogP contribution in [0, 0.1) is 5.41 Å². The minimum atomic E-state index is -0.544. The van der Waals surface area contributed by atoms with Gasteiger partial charge in [0.25, 0.3) is 0 Å². The van der Waals surface area contributed by atoms with Crippen molar-refractivity contribution in [3.63, 3.8) is 0 Å². The van der Waals surface area contributed by atoms with Crippen molar-refractivity contribution in [3.05, 3.63) is 164 Å². The molecular weight excluding hydrogens is 668 g/mol. The first-order chi connectivity index (χ1) is 23.6. The van der Waals surface area contributed by atoms with E-state index in [4.69, 9.17) is 28.4 Å². The Balaban J connectivity index is 1.11. The van der Waals surface area contributed by atoms with Gasteiger partial charge in [-0.15, -0.1) is 0 Å². The number of para-hydroxylation sites is 3. The normalized spacial score (nSPS) is 10.9. The van der Waals surface area contributed by atoms with E-state index < -0.39 is 5.41 Å². The minimum Gasteiger partial charge on any atom is -0.493 e. The standard InChI is InChI=1S/C41H35BrO6/c42-28-41(29-43-32-16-22-38(23-17-32)46-35-10-4-1-5-11-35,30-44-33-18-24-39(25-19-33)47-36-12-6-2-7-13-36)31-45-34-20-26-40(27-21-34)48-37-14-8-3-9-15-37/h1-27H,28-31H2. The highest BCUT2D eigenvalue weighted by Crippen LogP contribution is 2.31. The lowest BCUT2D eigenvalue weighted by atomic mass is 9.94. The molecule has 0 bridgehead atoms. The first kappa shape index (κ1) is 32.5. The van der Waals surface area contributed by atoms with Crippen LogP contribution in [0.2, 0.25) is 0 Å². The lowest BCUT2D eigenvalue weighted by molar-refractivity contribution is 0.0520. The quantitative estimate of drug-likeness (QED) is 0.0936. The molecule has 6 aromatic rings. The number of benzene rings is 6. The third-order valence-electron chi connectivity index (χ3n) is 7.33. The number of ether oxygens (including phenoxy) is 6. The molecule has 48 heavy (non-hydrogen) atoms. The maximum absolute atomic E-state index is 6.33. The van der Waals surface area contributed by atoms with E-state index in [1.54, 1.807) is 0 Å². The van der Waals surface area contributed by atoms with Crippen molar-refractivity contribution < 1.29 is 28.4 Å². The van der Waals surface area contributed by atoms with Gasteiger partial charge < -0.3 is 28.4 Å². The van der Waals surface area contributed by atoms with Gasteiger partial charge in [0.15, 0.2) is 0 Å². The SMILES string of the molecule is BrCC(COc1ccc(Oc2ccccc2)cc1)(COc1ccc(Oc2ccccc2)cc1)COc1ccc(Oc2ccccc2)cc1. The van der Waals surface area contributed by atoms with Crippen LogP contribution in [-0.4, -0.2) is 25.2 Å². The summed E-state index contributed by atoms with van der Waals surface area (Å²) in [5.41, 5.74) is -0.544. The van der Waals surface area contributed by atoms with Gasteiger partial charge in [-0.3, -0.25) is 0 Å². The number of alkyl halides is 1. The molecule has 0 amide bonds. The Labute approximate surface area is 289 Å². The van der Waals surface area contributed by atoms with Crippen LogP contribution >= 0.6 is 15.9 Å². The van der Waals surface area contributed by atoms with E-state index in [-0.39, 0.29) is 0 Å². The summed E-state index contributed by atoms with van der Waals surface area (Å²) in [6, 6.07) is 51.8. The highest BCUT2D eigenvalue weighted by molar-refractivity contribution is 9.09. The van der Waals surface area contributed by atoms with E-state index >= 15 is 0 Å². The van der Waals surface area contributed by atoms with E-state index in [9.17, 15) is 0 Å². The van der Waals surface area contributed by atoms with Crippen LogP contribution in [0.4, 0.5) is 0 Å². The molecule has 0 aliphatic carbocycles. The maximum atomic E-state index is 6.33. The molecule has 0 spiro atoms. The van der Waals surface area contributed by atoms with Gasteiger partial charge in [-0.05, 0) is 109 Å². The molecule has 0 aliphatic rings. The monoisotopic (exact) mass is 702 g/mol. The van der Waals surface area contributed by atoms with Crippen LogP contribution in [0.25, 0.3) is 0 Å². The summed E-state index contributed by atoms with van der Waals surface area (Å²) in [5.74, 6) is 6.65. The van der Waals surface area contributed by atoms with Crippen LogP contribution in [0.5, 0.6) is 51.7 Å². The van der Waals surface area contributed by atoms with E-state index in [1.165, 1.54) is 0 Å². The molecule has 0 saturated carbocycles. The van der Waals surface area contributed by atoms with E-state index in [2.05, 4.69) is 15.9 Å². The fraction of sp³-hybridized carbons (Fsp3) is 0.122. The molecule has 7 heteroatoms. The van der Waals surface area contributed by atoms with Crippen LogP contribution in [0.15, 0.2) is 164 Å². The van der Waals surface area contributed by atoms with Crippen molar-refractivity contribution in [1.29, 1.82) is 0 Å². The second-order valence-electron chi connectivity index (χ2n) is 11.2. The number of hydrogen-bond acceptors (Lipinski definition) is 6. The van der Waals surface area contributed by atoms with Crippen LogP contribution in [0.3, 0.4) is 0 Å². The lowest BCUT2D eigenvalue weighted by Gasteiger charge is -2.31. The Bertz CT molecular complexity index is 1580. The van der Waals surface area contributed by atoms with Gasteiger partial charge in [0.05, 0.1) is 5.41 Å². The fourth-order valence-electron chi connectivity index (χ4n) is 4.64. The van der Waals surface area contributed by atoms with Gasteiger partial charge in [-0.25, -0.2) is 0 Å². The maximum Gasteiger partial charge on any atom is 0.127 e. The minimum absolute atomic E-state index is 0.335. The Morgan fingerprint density at radius 1 is 0.312 bits per heavy atom. The third-order valence-corrected chi connectivity index (χ3v) is 8.52. The largest absolute Gasteiger partial charge is 0.493 e. The van der Waals surface area contributed by atoms with E-state index in [1.807, 2.05) is 164 Å². The predicted octanol–water partition coefficient (Wildman–Crippen LogP) is 11.0. The van der Waals surface area contributed by atoms with E-state index in [0.717, 1.165) is 34.5 Å². The Morgan fingerprint density at radius 3 is 0.792 bits per heavy atom. The van der Waals surface area contributed by atoms with Gasteiger partial charge >= 0.3 is 0 Å². The zero-order valence-corrected chi connectivity index (χ0v) is 27.8. The molecule has 0 fully saturated rings. The lowest BCUT2D eigenvalue weighted by Crippen LogP contribution is -2.42. The van der Waals surface area contributed by atoms with Crippen molar-refractivity contribution in [3.8, 4) is 51.7 Å². The summed E-state index contributed by atoms with van der Waals surface area (Å²) in [4.78, 5) is 0. The molecule has 0 unspecified atom stereocenters. The molecule has 6 aromatic carbocycles. The molecule has 6 rings (SSSR count). The number of halogens is 1. The summed E-state index contributed by atoms with van der Waals surface area (Å²) in [6.45, 7) is 1.00. The van der Waals surface area contributed by atoms with Crippen molar-refractivity contribution in [1.82, 2.24) is 0 Å². The van der Waals surface area contributed by atoms with Crippen LogP contribution in [0.1, 0.15) is 0 Å². The molecule has 0 saturated heterocycles. The highest BCUT2D eigenvalue weighted by atomic mass is 79.9. The molecule has 0 atom stereocenters. The third kappa shape index (κ3) is 9.56. The van der Waals surface area contributed by atoms with Gasteiger partial charge in [-0.1, -0.05) is 70.5 Å². The molecule has 6 nitrogen and oxygen atoms in total. The van der Waals surface area contributed by atoms with Crippen molar-refractivity contribution >= 4 is 15.9 Å². The molecule has 0 aromatic heterocycles. The first-order valence-electron chi connectivity index (χ1n) is 15.6. The van der Waals surface area contributed by atoms with Gasteiger partial charge in [0.2, 0.25) is 0 Å². The molecule has 0 N–H and O–H groups in total. The van der Waals surface area contributed by atoms with Gasteiger partial charge in [-0.2, -0.15) is 0 Å². The predicted molar refractivity (Wildman–Crippen MR) is 192 cm³/mol. The summed E-state index contributed by atoms with van der Waals surface area (Å²) >= 11 is 3.74. The Morgan fingerprint density at radius 2 is 0.542 bits per heavy atom. The summed E-state index contributed by atoms with van der Waals surface area (Å²) in [5, 5.41) is 0.569. The van der Waals surface area contributed by atoms with E-state index in [0.29, 0.717) is 42.4 Å². The van der Waals surface area contributed by atoms with Crippen molar-refractivity contribution in [2.45, 2.75) is 0 Å². The summed E-state index contributed by atoms with van der Waals surface area (Å²) in [6.07, 6.45) is 0. The summed E-state index contributed by atoms with van der Waals surface area (Å²) in [7, 11) is 0. The van der Waals surface area contributed by atoms with Crippen molar-refractivity contribution in [2.24, 2.45) is 5.41 Å². The first-order valence-corrected chi connectivity index (χ1v) is 16.7. The molecule has 0 radical (unpaired) electrons. The number of rotatable bonds is 16. The Hall–Kier alpha value is -5.40. The topological polar surface area (TPSA) is 55.4 Å². The van der Waals surface area contributed by atoms with Crippen molar-refractivity contribution in [2.75, 3.05) is 25.2 Å². The van der Waals surface area contributed by atoms with Crippen LogP contribution < -0.4 is 28.4 Å². The molecular formula is C41H35BrO6. The second-order valence-corrected chi connectivity index (χ2v) is 11.7. The number of hydrogen-bond donors (Lipinski definition) is 0. The molecule has 0 aliphatic heterocycles. The molecule has 242 valence electrons. The highest BCUT2D eigenvalue weighted by Gasteiger charge is 2.33. The average Bonchev–Trinajstić information content (AvgIpc) is 3.15. The van der Waals surface area contributed by atoms with Gasteiger partial charge in [0, 0.05) is 5.33 Å². The van der Waals surface area contributed by atoms with Crippen LogP contribution in [-0.2, 0) is 0 Å². The Kier molecular flexibility index (Phi) is 11.1. The second kappa shape index (κ2) is 16.4. The fourth-order valence-corrected chi connectivity index (χ4v) is 5.12.